The van der Waals surface area contributed by atoms with Gasteiger partial charge in [-0.15, -0.1) is 0 Å². The molecule has 0 amide bonds. The minimum Gasteiger partial charge on any atom is -0.348 e. The Morgan fingerprint density at radius 1 is 1.04 bits per heavy atom. The Labute approximate surface area is 140 Å². The summed E-state index contributed by atoms with van der Waals surface area (Å²) in [4.78, 5) is 4.66. The van der Waals surface area contributed by atoms with E-state index in [2.05, 4.69) is 24.9 Å². The predicted octanol–water partition coefficient (Wildman–Crippen LogP) is 4.33. The largest absolute Gasteiger partial charge is 0.348 e. The number of benzene rings is 2. The molecule has 0 radical (unpaired) electrons. The fourth-order valence-corrected chi connectivity index (χ4v) is 3.06. The van der Waals surface area contributed by atoms with Crippen molar-refractivity contribution in [2.24, 2.45) is 5.41 Å². The van der Waals surface area contributed by atoms with Crippen molar-refractivity contribution < 1.29 is 9.47 Å². The number of hydrogen-bond donors (Lipinski definition) is 0. The Hall–Kier alpha value is -2.48. The summed E-state index contributed by atoms with van der Waals surface area (Å²) < 4.78 is 11.7. The zero-order valence-electron chi connectivity index (χ0n) is 13.7. The van der Waals surface area contributed by atoms with Gasteiger partial charge in [0.1, 0.15) is 6.07 Å². The average Bonchev–Trinajstić information content (AvgIpc) is 2.59. The van der Waals surface area contributed by atoms with Crippen LogP contribution in [0.1, 0.15) is 31.3 Å². The zero-order chi connectivity index (χ0) is 16.7. The quantitative estimate of drug-likeness (QED) is 0.627. The van der Waals surface area contributed by atoms with Crippen molar-refractivity contribution in [1.82, 2.24) is 4.98 Å². The lowest BCUT2D eigenvalue weighted by molar-refractivity contribution is -0.226. The first-order chi connectivity index (χ1) is 11.6. The Morgan fingerprint density at radius 3 is 2.50 bits per heavy atom. The molecule has 0 unspecified atom stereocenters. The van der Waals surface area contributed by atoms with Crippen LogP contribution in [0.4, 0.5) is 0 Å². The average molecular weight is 318 g/mol. The first-order valence-corrected chi connectivity index (χ1v) is 8.03. The summed E-state index contributed by atoms with van der Waals surface area (Å²) in [7, 11) is 0. The monoisotopic (exact) mass is 318 g/mol. The lowest BCUT2D eigenvalue weighted by atomic mass is 9.95. The molecule has 0 saturated carbocycles. The summed E-state index contributed by atoms with van der Waals surface area (Å²) in [5.41, 5.74) is 3.25. The molecule has 4 nitrogen and oxygen atoms in total. The molecule has 0 spiro atoms. The number of rotatable bonds is 1. The van der Waals surface area contributed by atoms with Crippen molar-refractivity contribution in [3.63, 3.8) is 0 Å². The summed E-state index contributed by atoms with van der Waals surface area (Å²) in [6.45, 7) is 5.54. The van der Waals surface area contributed by atoms with E-state index in [-0.39, 0.29) is 11.7 Å². The maximum atomic E-state index is 9.66. The zero-order valence-corrected chi connectivity index (χ0v) is 13.7. The Morgan fingerprint density at radius 2 is 1.75 bits per heavy atom. The van der Waals surface area contributed by atoms with Gasteiger partial charge in [-0.3, -0.25) is 0 Å². The van der Waals surface area contributed by atoms with Gasteiger partial charge >= 0.3 is 0 Å². The minimum atomic E-state index is -0.388. The van der Waals surface area contributed by atoms with Crippen molar-refractivity contribution in [3.8, 4) is 6.07 Å². The molecule has 0 N–H and O–H groups in total. The van der Waals surface area contributed by atoms with Gasteiger partial charge in [-0.25, -0.2) is 4.98 Å². The number of nitrogens with zero attached hydrogens (tertiary/aromatic N) is 2. The summed E-state index contributed by atoms with van der Waals surface area (Å²) in [5.74, 6) is 0. The molecule has 0 aliphatic carbocycles. The molecule has 3 aromatic rings. The summed E-state index contributed by atoms with van der Waals surface area (Å²) >= 11 is 0. The highest BCUT2D eigenvalue weighted by atomic mass is 16.7. The van der Waals surface area contributed by atoms with E-state index >= 15 is 0 Å². The van der Waals surface area contributed by atoms with E-state index < -0.39 is 0 Å². The molecule has 120 valence electrons. The fourth-order valence-electron chi connectivity index (χ4n) is 3.06. The third-order valence-electron chi connectivity index (χ3n) is 4.34. The second-order valence-corrected chi connectivity index (χ2v) is 7.01. The number of para-hydroxylation sites is 1. The third kappa shape index (κ3) is 2.52. The van der Waals surface area contributed by atoms with Gasteiger partial charge in [0.2, 0.25) is 0 Å². The van der Waals surface area contributed by atoms with Crippen LogP contribution in [-0.4, -0.2) is 18.2 Å². The summed E-state index contributed by atoms with van der Waals surface area (Å²) in [6, 6.07) is 15.9. The van der Waals surface area contributed by atoms with Gasteiger partial charge in [0.25, 0.3) is 0 Å². The summed E-state index contributed by atoms with van der Waals surface area (Å²) in [6.07, 6.45) is -0.388. The van der Waals surface area contributed by atoms with E-state index in [1.807, 2.05) is 42.5 Å². The van der Waals surface area contributed by atoms with Crippen molar-refractivity contribution in [2.75, 3.05) is 13.2 Å². The number of ether oxygens (including phenoxy) is 2. The van der Waals surface area contributed by atoms with Crippen molar-refractivity contribution in [3.05, 3.63) is 53.6 Å². The van der Waals surface area contributed by atoms with Gasteiger partial charge in [-0.2, -0.15) is 5.26 Å². The lowest BCUT2D eigenvalue weighted by Crippen LogP contribution is -2.33. The second-order valence-electron chi connectivity index (χ2n) is 7.01. The molecule has 1 aromatic heterocycles. The van der Waals surface area contributed by atoms with Crippen molar-refractivity contribution in [1.29, 1.82) is 5.26 Å². The number of pyridine rings is 1. The molecular weight excluding hydrogens is 300 g/mol. The highest BCUT2D eigenvalue weighted by molar-refractivity contribution is 6.00. The van der Waals surface area contributed by atoms with Crippen LogP contribution in [0.15, 0.2) is 42.5 Å². The van der Waals surface area contributed by atoms with Crippen LogP contribution < -0.4 is 0 Å². The Balaban J connectivity index is 1.83. The van der Waals surface area contributed by atoms with E-state index in [4.69, 9.17) is 9.47 Å². The SMILES string of the molecule is CC1(C)COC(c2ccc3nc4ccccc4c(C#N)c3c2)OC1. The molecule has 2 heterocycles. The minimum absolute atomic E-state index is 0.0307. The molecule has 1 fully saturated rings. The van der Waals surface area contributed by atoms with E-state index in [1.54, 1.807) is 0 Å². The topological polar surface area (TPSA) is 55.1 Å². The number of fused-ring (bicyclic) bond motifs is 2. The molecule has 1 aliphatic heterocycles. The van der Waals surface area contributed by atoms with Crippen LogP contribution in [0.3, 0.4) is 0 Å². The smallest absolute Gasteiger partial charge is 0.183 e. The van der Waals surface area contributed by atoms with Gasteiger partial charge in [0, 0.05) is 21.8 Å². The molecular formula is C20H18N2O2. The van der Waals surface area contributed by atoms with Crippen LogP contribution in [0.5, 0.6) is 0 Å². The third-order valence-corrected chi connectivity index (χ3v) is 4.34. The van der Waals surface area contributed by atoms with Gasteiger partial charge < -0.3 is 9.47 Å². The van der Waals surface area contributed by atoms with Crippen LogP contribution in [0.2, 0.25) is 0 Å². The van der Waals surface area contributed by atoms with E-state index in [9.17, 15) is 5.26 Å². The number of nitriles is 1. The number of hydrogen-bond acceptors (Lipinski definition) is 4. The predicted molar refractivity (Wildman–Crippen MR) is 92.4 cm³/mol. The van der Waals surface area contributed by atoms with Crippen molar-refractivity contribution in [2.45, 2.75) is 20.1 Å². The van der Waals surface area contributed by atoms with Crippen LogP contribution in [-0.2, 0) is 9.47 Å². The van der Waals surface area contributed by atoms with E-state index in [0.717, 1.165) is 27.4 Å². The Bertz CT molecular complexity index is 962. The van der Waals surface area contributed by atoms with E-state index in [0.29, 0.717) is 18.8 Å². The van der Waals surface area contributed by atoms with Crippen LogP contribution in [0, 0.1) is 16.7 Å². The first-order valence-electron chi connectivity index (χ1n) is 8.03. The molecule has 0 atom stereocenters. The van der Waals surface area contributed by atoms with Crippen LogP contribution >= 0.6 is 0 Å². The molecule has 0 bridgehead atoms. The molecule has 4 rings (SSSR count). The maximum Gasteiger partial charge on any atom is 0.183 e. The molecule has 1 saturated heterocycles. The Kier molecular flexibility index (Phi) is 3.49. The van der Waals surface area contributed by atoms with Gasteiger partial charge in [0.15, 0.2) is 6.29 Å². The molecule has 2 aromatic carbocycles. The highest BCUT2D eigenvalue weighted by Gasteiger charge is 2.29. The standard InChI is InChI=1S/C20H18N2O2/c1-20(2)11-23-19(24-12-20)13-7-8-18-15(9-13)16(10-21)14-5-3-4-6-17(14)22-18/h3-9,19H,11-12H2,1-2H3. The van der Waals surface area contributed by atoms with Crippen molar-refractivity contribution >= 4 is 21.8 Å². The maximum absolute atomic E-state index is 9.66. The summed E-state index contributed by atoms with van der Waals surface area (Å²) in [5, 5.41) is 11.4. The second kappa shape index (κ2) is 5.55. The first kappa shape index (κ1) is 15.1. The highest BCUT2D eigenvalue weighted by Crippen LogP contribution is 2.33. The lowest BCUT2D eigenvalue weighted by Gasteiger charge is -2.34. The van der Waals surface area contributed by atoms with Gasteiger partial charge in [-0.05, 0) is 18.2 Å². The normalized spacial score (nSPS) is 17.9. The van der Waals surface area contributed by atoms with Gasteiger partial charge in [-0.1, -0.05) is 38.1 Å². The number of aromatic nitrogens is 1. The van der Waals surface area contributed by atoms with Gasteiger partial charge in [0.05, 0.1) is 29.8 Å². The molecule has 24 heavy (non-hydrogen) atoms. The molecule has 1 aliphatic rings. The van der Waals surface area contributed by atoms with E-state index in [1.165, 1.54) is 0 Å². The fraction of sp³-hybridized carbons (Fsp3) is 0.300. The molecule has 4 heteroatoms. The van der Waals surface area contributed by atoms with Crippen LogP contribution in [0.25, 0.3) is 21.8 Å².